The average Bonchev–Trinajstić information content (AvgIpc) is 3.53. The van der Waals surface area contributed by atoms with Gasteiger partial charge in [0.05, 0.1) is 45.8 Å². The Morgan fingerprint density at radius 1 is 1.12 bits per heavy atom. The summed E-state index contributed by atoms with van der Waals surface area (Å²) in [5.74, 6) is 4.79. The van der Waals surface area contributed by atoms with Crippen LogP contribution < -0.4 is 14.2 Å². The zero-order valence-corrected chi connectivity index (χ0v) is 25.1. The number of Topliss-reactive ketones (excluding diaryl/α,β-unsaturated/α-hetero) is 1. The highest BCUT2D eigenvalue weighted by Gasteiger charge is 2.60. The topological polar surface area (TPSA) is 65.0 Å². The minimum Gasteiger partial charge on any atom is -0.492 e. The fraction of sp³-hybridized carbons (Fsp3) is 0.735. The molecule has 0 saturated heterocycles. The number of benzene rings is 1. The third kappa shape index (κ3) is 3.77. The summed E-state index contributed by atoms with van der Waals surface area (Å²) in [6.07, 6.45) is 12.5. The number of hydrogen-bond donors (Lipinski definition) is 1. The van der Waals surface area contributed by atoms with E-state index in [1.54, 1.807) is 7.11 Å². The van der Waals surface area contributed by atoms with Crippen molar-refractivity contribution in [2.24, 2.45) is 34.5 Å². The zero-order valence-electron chi connectivity index (χ0n) is 25.1. The van der Waals surface area contributed by atoms with E-state index in [9.17, 15) is 9.90 Å². The van der Waals surface area contributed by atoms with Gasteiger partial charge in [0.1, 0.15) is 11.8 Å². The fourth-order valence-corrected chi connectivity index (χ4v) is 10.6. The first-order valence-electron chi connectivity index (χ1n) is 15.8. The standard InChI is InChI=1S/C34H48NO5/c1-33-13-10-22(36)17-21(33)6-7-23-24-8-9-26(34(24,2)14-11-25(23)33)28(37)18-27-30-20(12-15-35(27,3)4)16-29-31(32(30)38-5)40-19-39-29/h6,16,22-27,36H,7-15,17-19H2,1-5H3/q+1/t22-,23+,24+,25+,26?,27?,33+,34+/m1/s1. The highest BCUT2D eigenvalue weighted by molar-refractivity contribution is 5.83. The predicted octanol–water partition coefficient (Wildman–Crippen LogP) is 6.00. The first-order valence-corrected chi connectivity index (χ1v) is 15.8. The summed E-state index contributed by atoms with van der Waals surface area (Å²) in [5, 5.41) is 10.4. The van der Waals surface area contributed by atoms with Crippen molar-refractivity contribution in [3.63, 3.8) is 0 Å². The maximum atomic E-state index is 14.4. The second kappa shape index (κ2) is 9.22. The van der Waals surface area contributed by atoms with E-state index in [1.807, 2.05) is 0 Å². The maximum Gasteiger partial charge on any atom is 0.231 e. The van der Waals surface area contributed by atoms with E-state index in [1.165, 1.54) is 24.0 Å². The fourth-order valence-electron chi connectivity index (χ4n) is 10.6. The lowest BCUT2D eigenvalue weighted by atomic mass is 9.47. The summed E-state index contributed by atoms with van der Waals surface area (Å²) < 4.78 is 18.3. The molecule has 3 fully saturated rings. The summed E-state index contributed by atoms with van der Waals surface area (Å²) in [4.78, 5) is 14.4. The number of likely N-dealkylation sites (N-methyl/N-ethyl adjacent to an activating group) is 1. The van der Waals surface area contributed by atoms with Crippen molar-refractivity contribution in [2.75, 3.05) is 34.5 Å². The second-order valence-electron chi connectivity index (χ2n) is 15.0. The van der Waals surface area contributed by atoms with Gasteiger partial charge in [-0.3, -0.25) is 4.79 Å². The number of allylic oxidation sites excluding steroid dienone is 1. The molecule has 6 aliphatic rings. The number of hydrogen-bond acceptors (Lipinski definition) is 5. The summed E-state index contributed by atoms with van der Waals surface area (Å²) >= 11 is 0. The Labute approximate surface area is 239 Å². The van der Waals surface area contributed by atoms with E-state index in [0.29, 0.717) is 35.7 Å². The molecule has 4 aliphatic carbocycles. The molecule has 8 atom stereocenters. The molecule has 7 rings (SSSR count). The van der Waals surface area contributed by atoms with Gasteiger partial charge in [-0.15, -0.1) is 0 Å². The molecule has 1 N–H and O–H groups in total. The summed E-state index contributed by atoms with van der Waals surface area (Å²) in [5.41, 5.74) is 4.23. The number of aliphatic hydroxyl groups is 1. The average molecular weight is 551 g/mol. The highest BCUT2D eigenvalue weighted by Crippen LogP contribution is 2.66. The monoisotopic (exact) mass is 550 g/mol. The Hall–Kier alpha value is -2.05. The van der Waals surface area contributed by atoms with Crippen molar-refractivity contribution in [3.05, 3.63) is 28.8 Å². The molecular weight excluding hydrogens is 502 g/mol. The number of aliphatic hydroxyl groups excluding tert-OH is 1. The number of quaternary nitrogens is 1. The van der Waals surface area contributed by atoms with Crippen LogP contribution in [0.3, 0.4) is 0 Å². The lowest BCUT2D eigenvalue weighted by Gasteiger charge is -2.58. The van der Waals surface area contributed by atoms with Gasteiger partial charge in [0.15, 0.2) is 11.5 Å². The third-order valence-corrected chi connectivity index (χ3v) is 12.9. The number of ketones is 1. The number of methoxy groups -OCH3 is 1. The van der Waals surface area contributed by atoms with Gasteiger partial charge in [-0.05, 0) is 91.6 Å². The molecule has 0 bridgehead atoms. The molecule has 40 heavy (non-hydrogen) atoms. The SMILES string of the molecule is COc1c2c(cc3c1C(CC(=O)C1CC[C@H]4[C@@H]5CC=C6C[C@H](O)CC[C@]6(C)[C@H]5CC[C@]14C)[N+](C)(C)CC3)OCO2. The molecule has 1 aromatic rings. The molecule has 0 aromatic heterocycles. The third-order valence-electron chi connectivity index (χ3n) is 12.9. The van der Waals surface area contributed by atoms with Crippen LogP contribution >= 0.6 is 0 Å². The Morgan fingerprint density at radius 3 is 2.75 bits per heavy atom. The van der Waals surface area contributed by atoms with Crippen LogP contribution in [0.1, 0.15) is 88.8 Å². The first kappa shape index (κ1) is 26.8. The van der Waals surface area contributed by atoms with Crippen molar-refractivity contribution in [3.8, 4) is 17.2 Å². The van der Waals surface area contributed by atoms with Crippen LogP contribution in [-0.2, 0) is 11.2 Å². The van der Waals surface area contributed by atoms with E-state index < -0.39 is 0 Å². The van der Waals surface area contributed by atoms with Crippen molar-refractivity contribution in [2.45, 2.75) is 90.2 Å². The minimum absolute atomic E-state index is 0.0486. The summed E-state index contributed by atoms with van der Waals surface area (Å²) in [6, 6.07) is 2.17. The van der Waals surface area contributed by atoms with Gasteiger partial charge in [0.2, 0.25) is 12.5 Å². The number of carbonyl (C=O) groups excluding carboxylic acids is 1. The van der Waals surface area contributed by atoms with E-state index in [0.717, 1.165) is 73.0 Å². The molecule has 2 heterocycles. The van der Waals surface area contributed by atoms with Crippen LogP contribution in [0.15, 0.2) is 17.7 Å². The van der Waals surface area contributed by atoms with E-state index in [-0.39, 0.29) is 35.7 Å². The number of ether oxygens (including phenoxy) is 3. The molecule has 1 aromatic carbocycles. The van der Waals surface area contributed by atoms with Gasteiger partial charge in [-0.1, -0.05) is 25.5 Å². The van der Waals surface area contributed by atoms with Crippen LogP contribution in [0.4, 0.5) is 0 Å². The van der Waals surface area contributed by atoms with Gasteiger partial charge in [-0.25, -0.2) is 0 Å². The second-order valence-corrected chi connectivity index (χ2v) is 15.0. The smallest absolute Gasteiger partial charge is 0.231 e. The summed E-state index contributed by atoms with van der Waals surface area (Å²) in [6.45, 7) is 6.16. The maximum absolute atomic E-state index is 14.4. The number of carbonyl (C=O) groups is 1. The molecular formula is C34H48NO5+. The zero-order chi connectivity index (χ0) is 28.0. The van der Waals surface area contributed by atoms with Crippen LogP contribution in [0.25, 0.3) is 0 Å². The lowest BCUT2D eigenvalue weighted by molar-refractivity contribution is -0.922. The molecule has 6 nitrogen and oxygen atoms in total. The Bertz CT molecular complexity index is 1250. The molecule has 218 valence electrons. The minimum atomic E-state index is -0.162. The van der Waals surface area contributed by atoms with E-state index in [2.05, 4.69) is 40.1 Å². The molecule has 3 saturated carbocycles. The van der Waals surface area contributed by atoms with Crippen molar-refractivity contribution >= 4 is 5.78 Å². The van der Waals surface area contributed by atoms with Gasteiger partial charge in [0, 0.05) is 12.3 Å². The van der Waals surface area contributed by atoms with Crippen LogP contribution in [-0.4, -0.2) is 56.0 Å². The van der Waals surface area contributed by atoms with Crippen molar-refractivity contribution in [1.82, 2.24) is 0 Å². The Kier molecular flexibility index (Phi) is 6.19. The number of rotatable bonds is 4. The first-order chi connectivity index (χ1) is 19.1. The molecule has 0 spiro atoms. The molecule has 0 radical (unpaired) electrons. The van der Waals surface area contributed by atoms with Crippen LogP contribution in [0, 0.1) is 34.5 Å². The van der Waals surface area contributed by atoms with Crippen molar-refractivity contribution in [1.29, 1.82) is 0 Å². The summed E-state index contributed by atoms with van der Waals surface area (Å²) in [7, 11) is 6.25. The van der Waals surface area contributed by atoms with Gasteiger partial charge >= 0.3 is 0 Å². The molecule has 0 amide bonds. The number of nitrogens with zero attached hydrogens (tertiary/aromatic N) is 1. The highest BCUT2D eigenvalue weighted by atomic mass is 16.7. The quantitative estimate of drug-likeness (QED) is 0.368. The molecule has 2 unspecified atom stereocenters. The number of fused-ring (bicyclic) bond motifs is 7. The van der Waals surface area contributed by atoms with Crippen LogP contribution in [0.2, 0.25) is 0 Å². The van der Waals surface area contributed by atoms with Gasteiger partial charge in [-0.2, -0.15) is 0 Å². The predicted molar refractivity (Wildman–Crippen MR) is 153 cm³/mol. The van der Waals surface area contributed by atoms with Crippen LogP contribution in [0.5, 0.6) is 17.2 Å². The van der Waals surface area contributed by atoms with E-state index in [4.69, 9.17) is 14.2 Å². The van der Waals surface area contributed by atoms with E-state index >= 15 is 0 Å². The van der Waals surface area contributed by atoms with Gasteiger partial charge in [0.25, 0.3) is 0 Å². The molecule has 2 aliphatic heterocycles. The van der Waals surface area contributed by atoms with Gasteiger partial charge < -0.3 is 23.8 Å². The Morgan fingerprint density at radius 2 is 1.95 bits per heavy atom. The normalized spacial score (nSPS) is 40.8. The lowest BCUT2D eigenvalue weighted by Crippen LogP contribution is -2.52. The van der Waals surface area contributed by atoms with Crippen molar-refractivity contribution < 1.29 is 28.6 Å². The molecule has 6 heteroatoms. The largest absolute Gasteiger partial charge is 0.492 e. The Balaban J connectivity index is 1.16.